The lowest BCUT2D eigenvalue weighted by molar-refractivity contribution is 0.752. The Morgan fingerprint density at radius 2 is 2.06 bits per heavy atom. The quantitative estimate of drug-likeness (QED) is 0.862. The molecule has 1 atom stereocenters. The number of anilines is 1. The molecule has 1 aromatic heterocycles. The highest BCUT2D eigenvalue weighted by atomic mass is 15.3. The summed E-state index contributed by atoms with van der Waals surface area (Å²) in [6.45, 7) is 0.673. The summed E-state index contributed by atoms with van der Waals surface area (Å²) in [6.07, 6.45) is 3.88. The van der Waals surface area contributed by atoms with Crippen molar-refractivity contribution in [3.63, 3.8) is 0 Å². The van der Waals surface area contributed by atoms with Crippen LogP contribution in [-0.2, 0) is 7.05 Å². The van der Waals surface area contributed by atoms with Gasteiger partial charge in [-0.15, -0.1) is 0 Å². The van der Waals surface area contributed by atoms with Gasteiger partial charge >= 0.3 is 0 Å². The molecule has 2 aromatic rings. The van der Waals surface area contributed by atoms with Crippen LogP contribution in [0.3, 0.4) is 0 Å². The first kappa shape index (κ1) is 10.8. The summed E-state index contributed by atoms with van der Waals surface area (Å²) in [5.74, 6) is 0.565. The van der Waals surface area contributed by atoms with Crippen LogP contribution in [0.2, 0.25) is 0 Å². The number of hydrogen-bond donors (Lipinski definition) is 1. The predicted octanol–water partition coefficient (Wildman–Crippen LogP) is 1.30. The van der Waals surface area contributed by atoms with E-state index in [1.165, 1.54) is 0 Å². The molecule has 1 aromatic carbocycles. The normalized spacial score (nSPS) is 19.1. The lowest BCUT2D eigenvalue weighted by atomic mass is 10.1. The molecule has 0 fully saturated rings. The van der Waals surface area contributed by atoms with Crippen LogP contribution in [0.15, 0.2) is 47.7 Å². The molecule has 2 heterocycles. The third kappa shape index (κ3) is 1.73. The average Bonchev–Trinajstić information content (AvgIpc) is 2.96. The number of para-hydroxylation sites is 1. The maximum absolute atomic E-state index is 5.99. The Morgan fingerprint density at radius 3 is 2.72 bits per heavy atom. The van der Waals surface area contributed by atoms with Crippen molar-refractivity contribution in [1.29, 1.82) is 0 Å². The third-order valence-electron chi connectivity index (χ3n) is 3.13. The zero-order chi connectivity index (χ0) is 12.5. The molecule has 0 aliphatic carbocycles. The number of aryl methyl sites for hydroxylation is 1. The van der Waals surface area contributed by atoms with Crippen molar-refractivity contribution in [3.8, 4) is 0 Å². The molecule has 1 aliphatic heterocycles. The van der Waals surface area contributed by atoms with Crippen LogP contribution in [0.1, 0.15) is 11.6 Å². The molecule has 0 saturated heterocycles. The van der Waals surface area contributed by atoms with Gasteiger partial charge in [-0.1, -0.05) is 18.2 Å². The molecule has 0 saturated carbocycles. The van der Waals surface area contributed by atoms with Crippen LogP contribution in [0, 0.1) is 0 Å². The first-order valence-electron chi connectivity index (χ1n) is 5.88. The van der Waals surface area contributed by atoms with Crippen LogP contribution in [-0.4, -0.2) is 22.3 Å². The van der Waals surface area contributed by atoms with Gasteiger partial charge in [-0.05, 0) is 12.1 Å². The zero-order valence-corrected chi connectivity index (χ0v) is 10.2. The Kier molecular flexibility index (Phi) is 2.51. The van der Waals surface area contributed by atoms with Crippen molar-refractivity contribution < 1.29 is 0 Å². The van der Waals surface area contributed by atoms with Crippen molar-refractivity contribution in [2.75, 3.05) is 11.4 Å². The van der Waals surface area contributed by atoms with Gasteiger partial charge in [0.1, 0.15) is 0 Å². The summed E-state index contributed by atoms with van der Waals surface area (Å²) in [5.41, 5.74) is 8.18. The molecule has 5 nitrogen and oxygen atoms in total. The second-order valence-electron chi connectivity index (χ2n) is 4.37. The van der Waals surface area contributed by atoms with E-state index >= 15 is 0 Å². The number of aliphatic imine (C=N–C) groups is 1. The summed E-state index contributed by atoms with van der Waals surface area (Å²) in [7, 11) is 1.91. The minimum atomic E-state index is 0.140. The van der Waals surface area contributed by atoms with Crippen LogP contribution >= 0.6 is 0 Å². The summed E-state index contributed by atoms with van der Waals surface area (Å²) < 4.78 is 1.80. The van der Waals surface area contributed by atoms with Crippen LogP contribution in [0.4, 0.5) is 5.69 Å². The molecule has 92 valence electrons. The number of nitrogens with zero attached hydrogens (tertiary/aromatic N) is 4. The predicted molar refractivity (Wildman–Crippen MR) is 71.4 cm³/mol. The van der Waals surface area contributed by atoms with Crippen LogP contribution in [0.5, 0.6) is 0 Å². The number of aromatic nitrogens is 2. The van der Waals surface area contributed by atoms with Gasteiger partial charge in [-0.2, -0.15) is 5.10 Å². The van der Waals surface area contributed by atoms with E-state index in [-0.39, 0.29) is 6.04 Å². The van der Waals surface area contributed by atoms with E-state index in [0.29, 0.717) is 12.5 Å². The van der Waals surface area contributed by atoms with Gasteiger partial charge in [-0.3, -0.25) is 9.67 Å². The molecule has 3 rings (SSSR count). The van der Waals surface area contributed by atoms with Crippen molar-refractivity contribution in [3.05, 3.63) is 48.3 Å². The Labute approximate surface area is 106 Å². The molecule has 0 bridgehead atoms. The number of nitrogens with two attached hydrogens (primary N) is 1. The van der Waals surface area contributed by atoms with Crippen LogP contribution < -0.4 is 10.6 Å². The van der Waals surface area contributed by atoms with E-state index < -0.39 is 0 Å². The van der Waals surface area contributed by atoms with E-state index in [0.717, 1.165) is 11.3 Å². The topological polar surface area (TPSA) is 59.4 Å². The SMILES string of the molecule is Cn1cc(C2CN=C(N)N2c2ccccc2)cn1. The van der Waals surface area contributed by atoms with Gasteiger partial charge < -0.3 is 10.6 Å². The molecule has 0 amide bonds. The minimum Gasteiger partial charge on any atom is -0.369 e. The monoisotopic (exact) mass is 241 g/mol. The highest BCUT2D eigenvalue weighted by Gasteiger charge is 2.29. The van der Waals surface area contributed by atoms with Gasteiger partial charge in [0.25, 0.3) is 0 Å². The zero-order valence-electron chi connectivity index (χ0n) is 10.2. The van der Waals surface area contributed by atoms with Gasteiger partial charge in [-0.25, -0.2) is 0 Å². The third-order valence-corrected chi connectivity index (χ3v) is 3.13. The Morgan fingerprint density at radius 1 is 1.28 bits per heavy atom. The largest absolute Gasteiger partial charge is 0.369 e. The smallest absolute Gasteiger partial charge is 0.196 e. The molecule has 2 N–H and O–H groups in total. The second kappa shape index (κ2) is 4.18. The summed E-state index contributed by atoms with van der Waals surface area (Å²) in [5, 5.41) is 4.21. The average molecular weight is 241 g/mol. The van der Waals surface area contributed by atoms with E-state index in [1.807, 2.05) is 49.8 Å². The molecule has 5 heteroatoms. The number of hydrogen-bond acceptors (Lipinski definition) is 4. The summed E-state index contributed by atoms with van der Waals surface area (Å²) >= 11 is 0. The lowest BCUT2D eigenvalue weighted by Gasteiger charge is -2.25. The van der Waals surface area contributed by atoms with Gasteiger partial charge in [0.15, 0.2) is 5.96 Å². The fourth-order valence-corrected chi connectivity index (χ4v) is 2.26. The molecule has 0 radical (unpaired) electrons. The van der Waals surface area contributed by atoms with Crippen molar-refractivity contribution in [1.82, 2.24) is 9.78 Å². The minimum absolute atomic E-state index is 0.140. The maximum Gasteiger partial charge on any atom is 0.196 e. The number of rotatable bonds is 2. The number of benzene rings is 1. The second-order valence-corrected chi connectivity index (χ2v) is 4.37. The summed E-state index contributed by atoms with van der Waals surface area (Å²) in [4.78, 5) is 6.40. The van der Waals surface area contributed by atoms with Gasteiger partial charge in [0.05, 0.1) is 18.8 Å². The molecular weight excluding hydrogens is 226 g/mol. The first-order valence-corrected chi connectivity index (χ1v) is 5.88. The van der Waals surface area contributed by atoms with Crippen molar-refractivity contribution in [2.24, 2.45) is 17.8 Å². The fourth-order valence-electron chi connectivity index (χ4n) is 2.26. The van der Waals surface area contributed by atoms with E-state index in [2.05, 4.69) is 15.0 Å². The highest BCUT2D eigenvalue weighted by Crippen LogP contribution is 2.30. The highest BCUT2D eigenvalue weighted by molar-refractivity contribution is 5.97. The first-order chi connectivity index (χ1) is 8.75. The Bertz CT molecular complexity index is 572. The Balaban J connectivity index is 1.97. The summed E-state index contributed by atoms with van der Waals surface area (Å²) in [6, 6.07) is 10.2. The Hall–Kier alpha value is -2.30. The lowest BCUT2D eigenvalue weighted by Crippen LogP contribution is -2.35. The van der Waals surface area contributed by atoms with E-state index in [1.54, 1.807) is 4.68 Å². The molecular formula is C13H15N5. The molecule has 1 aliphatic rings. The van der Waals surface area contributed by atoms with Crippen molar-refractivity contribution in [2.45, 2.75) is 6.04 Å². The standard InChI is InChI=1S/C13H15N5/c1-17-9-10(7-16-17)12-8-15-13(14)18(12)11-5-3-2-4-6-11/h2-7,9,12H,8H2,1H3,(H2,14,15). The van der Waals surface area contributed by atoms with Crippen LogP contribution in [0.25, 0.3) is 0 Å². The fraction of sp³-hybridized carbons (Fsp3) is 0.231. The molecule has 1 unspecified atom stereocenters. The molecule has 0 spiro atoms. The molecule has 18 heavy (non-hydrogen) atoms. The number of guanidine groups is 1. The van der Waals surface area contributed by atoms with E-state index in [9.17, 15) is 0 Å². The van der Waals surface area contributed by atoms with Crippen molar-refractivity contribution >= 4 is 11.6 Å². The maximum atomic E-state index is 5.99. The van der Waals surface area contributed by atoms with Gasteiger partial charge in [0.2, 0.25) is 0 Å². The van der Waals surface area contributed by atoms with E-state index in [4.69, 9.17) is 5.73 Å². The van der Waals surface area contributed by atoms with Gasteiger partial charge in [0, 0.05) is 24.5 Å².